The molecule has 96 valence electrons. The molecule has 0 fully saturated rings. The lowest BCUT2D eigenvalue weighted by Crippen LogP contribution is -2.24. The first-order chi connectivity index (χ1) is 8.00. The molecule has 0 unspecified atom stereocenters. The maximum absolute atomic E-state index is 5.74. The lowest BCUT2D eigenvalue weighted by molar-refractivity contribution is 0.306. The van der Waals surface area contributed by atoms with Crippen LogP contribution in [0.25, 0.3) is 0 Å². The third kappa shape index (κ3) is 5.09. The fourth-order valence-electron chi connectivity index (χ4n) is 1.64. The van der Waals surface area contributed by atoms with E-state index in [9.17, 15) is 0 Å². The Kier molecular flexibility index (Phi) is 6.00. The van der Waals surface area contributed by atoms with Crippen molar-refractivity contribution in [1.29, 1.82) is 0 Å². The van der Waals surface area contributed by atoms with Crippen LogP contribution in [0, 0.1) is 13.8 Å². The Morgan fingerprint density at radius 3 is 2.35 bits per heavy atom. The molecule has 0 spiro atoms. The highest BCUT2D eigenvalue weighted by Crippen LogP contribution is 2.26. The predicted octanol–water partition coefficient (Wildman–Crippen LogP) is 3.83. The van der Waals surface area contributed by atoms with Crippen LogP contribution in [0.15, 0.2) is 16.6 Å². The number of aryl methyl sites for hydroxylation is 2. The molecule has 0 heterocycles. The molecule has 3 heteroatoms. The Hall–Kier alpha value is -0.540. The second-order valence-electron chi connectivity index (χ2n) is 4.68. The van der Waals surface area contributed by atoms with Crippen molar-refractivity contribution in [1.82, 2.24) is 5.32 Å². The van der Waals surface area contributed by atoms with E-state index in [0.29, 0.717) is 6.04 Å². The van der Waals surface area contributed by atoms with E-state index in [1.54, 1.807) is 0 Å². The van der Waals surface area contributed by atoms with Crippen LogP contribution in [-0.4, -0.2) is 19.2 Å². The highest BCUT2D eigenvalue weighted by Gasteiger charge is 2.03. The summed E-state index contributed by atoms with van der Waals surface area (Å²) in [5, 5.41) is 3.38. The maximum atomic E-state index is 5.74. The van der Waals surface area contributed by atoms with E-state index in [1.165, 1.54) is 15.6 Å². The molecule has 0 aromatic heterocycles. The van der Waals surface area contributed by atoms with Crippen molar-refractivity contribution < 1.29 is 4.74 Å². The molecule has 0 saturated carbocycles. The molecule has 0 aliphatic rings. The Bertz CT molecular complexity index is 340. The molecule has 17 heavy (non-hydrogen) atoms. The highest BCUT2D eigenvalue weighted by molar-refractivity contribution is 9.10. The number of hydrogen-bond donors (Lipinski definition) is 1. The van der Waals surface area contributed by atoms with Crippen molar-refractivity contribution in [3.8, 4) is 5.75 Å². The van der Waals surface area contributed by atoms with Crippen molar-refractivity contribution in [2.24, 2.45) is 0 Å². The van der Waals surface area contributed by atoms with Gasteiger partial charge in [0.15, 0.2) is 0 Å². The quantitative estimate of drug-likeness (QED) is 0.806. The number of benzene rings is 1. The molecular formula is C14H22BrNO. The van der Waals surface area contributed by atoms with Crippen LogP contribution >= 0.6 is 15.9 Å². The number of hydrogen-bond acceptors (Lipinski definition) is 2. The molecule has 0 bridgehead atoms. The first kappa shape index (κ1) is 14.5. The van der Waals surface area contributed by atoms with Gasteiger partial charge >= 0.3 is 0 Å². The number of rotatable bonds is 6. The predicted molar refractivity (Wildman–Crippen MR) is 76.9 cm³/mol. The van der Waals surface area contributed by atoms with E-state index < -0.39 is 0 Å². The number of nitrogens with one attached hydrogen (secondary N) is 1. The van der Waals surface area contributed by atoms with Crippen molar-refractivity contribution in [2.75, 3.05) is 13.2 Å². The fourth-order valence-corrected chi connectivity index (χ4v) is 1.87. The van der Waals surface area contributed by atoms with Gasteiger partial charge in [-0.3, -0.25) is 0 Å². The molecular weight excluding hydrogens is 278 g/mol. The molecule has 2 nitrogen and oxygen atoms in total. The fraction of sp³-hybridized carbons (Fsp3) is 0.571. The first-order valence-electron chi connectivity index (χ1n) is 6.13. The zero-order valence-electron chi connectivity index (χ0n) is 11.1. The SMILES string of the molecule is Cc1cc(OCCCNC(C)C)cc(C)c1Br. The lowest BCUT2D eigenvalue weighted by Gasteiger charge is -2.11. The molecule has 0 amide bonds. The van der Waals surface area contributed by atoms with Gasteiger partial charge in [0.05, 0.1) is 6.61 Å². The smallest absolute Gasteiger partial charge is 0.119 e. The standard InChI is InChI=1S/C14H22BrNO/c1-10(2)16-6-5-7-17-13-8-11(3)14(15)12(4)9-13/h8-10,16H,5-7H2,1-4H3. The summed E-state index contributed by atoms with van der Waals surface area (Å²) in [6, 6.07) is 4.70. The molecule has 1 aromatic carbocycles. The van der Waals surface area contributed by atoms with Crippen LogP contribution < -0.4 is 10.1 Å². The van der Waals surface area contributed by atoms with Gasteiger partial charge in [0, 0.05) is 10.5 Å². The molecule has 1 rings (SSSR count). The van der Waals surface area contributed by atoms with Crippen molar-refractivity contribution in [2.45, 2.75) is 40.2 Å². The summed E-state index contributed by atoms with van der Waals surface area (Å²) in [6.45, 7) is 10.3. The summed E-state index contributed by atoms with van der Waals surface area (Å²) in [5.74, 6) is 0.966. The van der Waals surface area contributed by atoms with Crippen molar-refractivity contribution in [3.05, 3.63) is 27.7 Å². The Morgan fingerprint density at radius 2 is 1.82 bits per heavy atom. The summed E-state index contributed by atoms with van der Waals surface area (Å²) in [4.78, 5) is 0. The molecule has 0 atom stereocenters. The molecule has 0 aliphatic carbocycles. The van der Waals surface area contributed by atoms with E-state index in [2.05, 4.69) is 61.1 Å². The summed E-state index contributed by atoms with van der Waals surface area (Å²) < 4.78 is 6.92. The third-order valence-electron chi connectivity index (χ3n) is 2.55. The minimum atomic E-state index is 0.548. The largest absolute Gasteiger partial charge is 0.494 e. The second kappa shape index (κ2) is 7.02. The van der Waals surface area contributed by atoms with Crippen LogP contribution in [-0.2, 0) is 0 Å². The number of halogens is 1. The van der Waals surface area contributed by atoms with Gasteiger partial charge in [-0.05, 0) is 50.1 Å². The minimum Gasteiger partial charge on any atom is -0.494 e. The van der Waals surface area contributed by atoms with E-state index in [0.717, 1.165) is 25.3 Å². The molecule has 0 radical (unpaired) electrons. The zero-order valence-corrected chi connectivity index (χ0v) is 12.7. The van der Waals surface area contributed by atoms with Gasteiger partial charge in [-0.25, -0.2) is 0 Å². The summed E-state index contributed by atoms with van der Waals surface area (Å²) in [5.41, 5.74) is 2.45. The minimum absolute atomic E-state index is 0.548. The Morgan fingerprint density at radius 1 is 1.24 bits per heavy atom. The lowest BCUT2D eigenvalue weighted by atomic mass is 10.1. The highest BCUT2D eigenvalue weighted by atomic mass is 79.9. The first-order valence-corrected chi connectivity index (χ1v) is 6.93. The van der Waals surface area contributed by atoms with Crippen LogP contribution in [0.5, 0.6) is 5.75 Å². The molecule has 1 aromatic rings. The van der Waals surface area contributed by atoms with E-state index >= 15 is 0 Å². The van der Waals surface area contributed by atoms with Crippen LogP contribution in [0.3, 0.4) is 0 Å². The normalized spacial score (nSPS) is 10.9. The van der Waals surface area contributed by atoms with Crippen LogP contribution in [0.1, 0.15) is 31.4 Å². The van der Waals surface area contributed by atoms with E-state index in [1.807, 2.05) is 0 Å². The summed E-state index contributed by atoms with van der Waals surface area (Å²) >= 11 is 3.56. The molecule has 0 aliphatic heterocycles. The van der Waals surface area contributed by atoms with Crippen molar-refractivity contribution >= 4 is 15.9 Å². The van der Waals surface area contributed by atoms with Gasteiger partial charge in [0.25, 0.3) is 0 Å². The molecule has 1 N–H and O–H groups in total. The maximum Gasteiger partial charge on any atom is 0.119 e. The monoisotopic (exact) mass is 299 g/mol. The second-order valence-corrected chi connectivity index (χ2v) is 5.47. The van der Waals surface area contributed by atoms with Gasteiger partial charge < -0.3 is 10.1 Å². The van der Waals surface area contributed by atoms with Crippen LogP contribution in [0.4, 0.5) is 0 Å². The topological polar surface area (TPSA) is 21.3 Å². The van der Waals surface area contributed by atoms with Gasteiger partial charge in [-0.2, -0.15) is 0 Å². The average Bonchev–Trinajstić information content (AvgIpc) is 2.25. The molecule has 0 saturated heterocycles. The Balaban J connectivity index is 2.37. The van der Waals surface area contributed by atoms with Gasteiger partial charge in [-0.15, -0.1) is 0 Å². The Labute approximate surface area is 113 Å². The van der Waals surface area contributed by atoms with Gasteiger partial charge in [-0.1, -0.05) is 29.8 Å². The van der Waals surface area contributed by atoms with Gasteiger partial charge in [0.1, 0.15) is 5.75 Å². The number of ether oxygens (including phenoxy) is 1. The third-order valence-corrected chi connectivity index (χ3v) is 3.80. The van der Waals surface area contributed by atoms with E-state index in [4.69, 9.17) is 4.74 Å². The summed E-state index contributed by atoms with van der Waals surface area (Å²) in [7, 11) is 0. The average molecular weight is 300 g/mol. The summed E-state index contributed by atoms with van der Waals surface area (Å²) in [6.07, 6.45) is 1.03. The van der Waals surface area contributed by atoms with E-state index in [-0.39, 0.29) is 0 Å². The van der Waals surface area contributed by atoms with Crippen molar-refractivity contribution in [3.63, 3.8) is 0 Å². The van der Waals surface area contributed by atoms with Crippen LogP contribution in [0.2, 0.25) is 0 Å². The van der Waals surface area contributed by atoms with Gasteiger partial charge in [0.2, 0.25) is 0 Å². The zero-order chi connectivity index (χ0) is 12.8.